The van der Waals surface area contributed by atoms with E-state index >= 15 is 0 Å². The van der Waals surface area contributed by atoms with E-state index in [1.54, 1.807) is 10.8 Å². The normalized spacial score (nSPS) is 28.1. The van der Waals surface area contributed by atoms with Crippen LogP contribution in [-0.4, -0.2) is 46.1 Å². The lowest BCUT2D eigenvalue weighted by atomic mass is 9.76. The second-order valence-corrected chi connectivity index (χ2v) is 7.16. The summed E-state index contributed by atoms with van der Waals surface area (Å²) < 4.78 is 7.65. The van der Waals surface area contributed by atoms with Crippen molar-refractivity contribution >= 4 is 11.3 Å². The summed E-state index contributed by atoms with van der Waals surface area (Å²) in [6.07, 6.45) is 8.31. The zero-order chi connectivity index (χ0) is 16.0. The number of rotatable bonds is 2. The molecule has 124 valence electrons. The molecule has 1 saturated heterocycles. The number of anilines is 1. The van der Waals surface area contributed by atoms with Crippen molar-refractivity contribution in [3.8, 4) is 0 Å². The number of methoxy groups -OCH3 is 1. The molecule has 1 spiro atoms. The highest BCUT2D eigenvalue weighted by Gasteiger charge is 2.46. The summed E-state index contributed by atoms with van der Waals surface area (Å²) in [5.41, 5.74) is 4.64. The van der Waals surface area contributed by atoms with Crippen molar-refractivity contribution in [2.75, 3.05) is 25.1 Å². The topological polar surface area (TPSA) is 55.5 Å². The largest absolute Gasteiger partial charge is 0.381 e. The molecule has 1 saturated carbocycles. The van der Waals surface area contributed by atoms with E-state index in [2.05, 4.69) is 34.0 Å². The van der Waals surface area contributed by atoms with Crippen molar-refractivity contribution in [3.63, 3.8) is 0 Å². The average Bonchev–Trinajstić information content (AvgIpc) is 3.15. The van der Waals surface area contributed by atoms with Crippen LogP contribution in [0.4, 0.5) is 5.69 Å². The fourth-order valence-electron chi connectivity index (χ4n) is 4.71. The van der Waals surface area contributed by atoms with Crippen molar-refractivity contribution in [2.24, 2.45) is 5.41 Å². The van der Waals surface area contributed by atoms with Crippen LogP contribution < -0.4 is 4.90 Å². The molecule has 6 heteroatoms. The molecular formula is C17H25N5O. The van der Waals surface area contributed by atoms with Crippen LogP contribution in [0.25, 0.3) is 5.65 Å². The predicted molar refractivity (Wildman–Crippen MR) is 88.8 cm³/mol. The minimum atomic E-state index is 0.299. The predicted octanol–water partition coefficient (Wildman–Crippen LogP) is 2.53. The first-order valence-electron chi connectivity index (χ1n) is 8.59. The highest BCUT2D eigenvalue weighted by Crippen LogP contribution is 2.47. The quantitative estimate of drug-likeness (QED) is 0.852. The number of fused-ring (bicyclic) bond motifs is 1. The van der Waals surface area contributed by atoms with Gasteiger partial charge in [-0.05, 0) is 45.1 Å². The Balaban J connectivity index is 1.76. The second-order valence-electron chi connectivity index (χ2n) is 7.16. The summed E-state index contributed by atoms with van der Waals surface area (Å²) in [7, 11) is 1.87. The maximum absolute atomic E-state index is 5.84. The van der Waals surface area contributed by atoms with Gasteiger partial charge in [0.05, 0.1) is 17.5 Å². The fraction of sp³-hybridized carbons (Fsp3) is 0.706. The van der Waals surface area contributed by atoms with Gasteiger partial charge in [-0.1, -0.05) is 6.42 Å². The van der Waals surface area contributed by atoms with Crippen LogP contribution in [0.2, 0.25) is 0 Å². The SMILES string of the molecule is CO[C@@H]1CCC[C@@]12CCCN(c1c(C)c(C)nn3cnnc13)C2. The Hall–Kier alpha value is -1.69. The van der Waals surface area contributed by atoms with Gasteiger partial charge >= 0.3 is 0 Å². The second kappa shape index (κ2) is 5.44. The Kier molecular flexibility index (Phi) is 3.52. The number of nitrogens with zero attached hydrogens (tertiary/aromatic N) is 5. The maximum Gasteiger partial charge on any atom is 0.201 e. The van der Waals surface area contributed by atoms with Gasteiger partial charge < -0.3 is 9.64 Å². The van der Waals surface area contributed by atoms with E-state index in [0.717, 1.165) is 24.4 Å². The molecule has 0 radical (unpaired) electrons. The van der Waals surface area contributed by atoms with Gasteiger partial charge in [0.15, 0.2) is 0 Å². The monoisotopic (exact) mass is 315 g/mol. The molecule has 23 heavy (non-hydrogen) atoms. The molecule has 1 aliphatic heterocycles. The lowest BCUT2D eigenvalue weighted by molar-refractivity contribution is 0.00228. The number of hydrogen-bond donors (Lipinski definition) is 0. The van der Waals surface area contributed by atoms with Crippen LogP contribution in [-0.2, 0) is 4.74 Å². The number of hydrogen-bond acceptors (Lipinski definition) is 5. The molecule has 0 N–H and O–H groups in total. The lowest BCUT2D eigenvalue weighted by Gasteiger charge is -2.45. The molecule has 4 rings (SSSR count). The molecule has 0 unspecified atom stereocenters. The molecule has 2 aromatic heterocycles. The van der Waals surface area contributed by atoms with E-state index in [-0.39, 0.29) is 0 Å². The molecular weight excluding hydrogens is 290 g/mol. The third-order valence-corrected chi connectivity index (χ3v) is 5.93. The number of piperidine rings is 1. The Morgan fingerprint density at radius 3 is 2.91 bits per heavy atom. The van der Waals surface area contributed by atoms with Gasteiger partial charge in [0.25, 0.3) is 0 Å². The fourth-order valence-corrected chi connectivity index (χ4v) is 4.71. The smallest absolute Gasteiger partial charge is 0.201 e. The Morgan fingerprint density at radius 2 is 2.09 bits per heavy atom. The summed E-state index contributed by atoms with van der Waals surface area (Å²) in [5, 5.41) is 12.9. The molecule has 2 aromatic rings. The van der Waals surface area contributed by atoms with Gasteiger partial charge in [0, 0.05) is 25.6 Å². The number of aryl methyl sites for hydroxylation is 1. The van der Waals surface area contributed by atoms with Crippen molar-refractivity contribution in [1.29, 1.82) is 0 Å². The molecule has 2 atom stereocenters. The van der Waals surface area contributed by atoms with Crippen molar-refractivity contribution in [3.05, 3.63) is 17.6 Å². The van der Waals surface area contributed by atoms with Gasteiger partial charge in [-0.15, -0.1) is 10.2 Å². The number of ether oxygens (including phenoxy) is 1. The van der Waals surface area contributed by atoms with Gasteiger partial charge in [-0.3, -0.25) is 0 Å². The van der Waals surface area contributed by atoms with Gasteiger partial charge in [-0.2, -0.15) is 9.61 Å². The Morgan fingerprint density at radius 1 is 1.26 bits per heavy atom. The molecule has 1 aliphatic carbocycles. The van der Waals surface area contributed by atoms with Crippen LogP contribution in [0.15, 0.2) is 6.33 Å². The summed E-state index contributed by atoms with van der Waals surface area (Å²) >= 11 is 0. The minimum absolute atomic E-state index is 0.299. The average molecular weight is 315 g/mol. The van der Waals surface area contributed by atoms with E-state index in [1.165, 1.54) is 43.4 Å². The molecule has 2 fully saturated rings. The first kappa shape index (κ1) is 14.9. The summed E-state index contributed by atoms with van der Waals surface area (Å²) in [5.74, 6) is 0. The summed E-state index contributed by atoms with van der Waals surface area (Å²) in [4.78, 5) is 2.51. The highest BCUT2D eigenvalue weighted by atomic mass is 16.5. The lowest BCUT2D eigenvalue weighted by Crippen LogP contribution is -2.48. The van der Waals surface area contributed by atoms with Crippen molar-refractivity contribution < 1.29 is 4.74 Å². The Bertz CT molecular complexity index is 727. The minimum Gasteiger partial charge on any atom is -0.381 e. The van der Waals surface area contributed by atoms with Crippen LogP contribution in [0.5, 0.6) is 0 Å². The molecule has 3 heterocycles. The van der Waals surface area contributed by atoms with E-state index in [9.17, 15) is 0 Å². The summed E-state index contributed by atoms with van der Waals surface area (Å²) in [6.45, 7) is 6.34. The third-order valence-electron chi connectivity index (χ3n) is 5.93. The Labute approximate surface area is 136 Å². The van der Waals surface area contributed by atoms with Gasteiger partial charge in [0.1, 0.15) is 6.33 Å². The first-order valence-corrected chi connectivity index (χ1v) is 8.59. The molecule has 0 bridgehead atoms. The van der Waals surface area contributed by atoms with Gasteiger partial charge in [0.2, 0.25) is 5.65 Å². The van der Waals surface area contributed by atoms with Gasteiger partial charge in [-0.25, -0.2) is 0 Å². The van der Waals surface area contributed by atoms with Crippen LogP contribution >= 0.6 is 0 Å². The maximum atomic E-state index is 5.84. The van der Waals surface area contributed by atoms with E-state index in [1.807, 2.05) is 7.11 Å². The molecule has 6 nitrogen and oxygen atoms in total. The molecule has 0 amide bonds. The molecule has 2 aliphatic rings. The van der Waals surface area contributed by atoms with E-state index < -0.39 is 0 Å². The number of aromatic nitrogens is 4. The van der Waals surface area contributed by atoms with Crippen LogP contribution in [0, 0.1) is 19.3 Å². The standard InChI is InChI=1S/C17H25N5O/c1-12-13(2)20-22-11-18-19-16(22)15(12)21-9-5-8-17(10-21)7-4-6-14(17)23-3/h11,14H,4-10H2,1-3H3/t14-,17+/m1/s1. The van der Waals surface area contributed by atoms with Crippen molar-refractivity contribution in [2.45, 2.75) is 52.1 Å². The van der Waals surface area contributed by atoms with Crippen LogP contribution in [0.3, 0.4) is 0 Å². The van der Waals surface area contributed by atoms with E-state index in [4.69, 9.17) is 4.74 Å². The zero-order valence-electron chi connectivity index (χ0n) is 14.2. The first-order chi connectivity index (χ1) is 11.1. The van der Waals surface area contributed by atoms with E-state index in [0.29, 0.717) is 11.5 Å². The zero-order valence-corrected chi connectivity index (χ0v) is 14.2. The summed E-state index contributed by atoms with van der Waals surface area (Å²) in [6, 6.07) is 0. The molecule has 0 aromatic carbocycles. The third kappa shape index (κ3) is 2.23. The van der Waals surface area contributed by atoms with Crippen LogP contribution in [0.1, 0.15) is 43.4 Å². The van der Waals surface area contributed by atoms with Crippen molar-refractivity contribution in [1.82, 2.24) is 19.8 Å². The highest BCUT2D eigenvalue weighted by molar-refractivity contribution is 5.72.